The van der Waals surface area contributed by atoms with Crippen LogP contribution in [-0.4, -0.2) is 13.0 Å². The van der Waals surface area contributed by atoms with Crippen LogP contribution in [0.2, 0.25) is 0 Å². The first kappa shape index (κ1) is 14.8. The van der Waals surface area contributed by atoms with Crippen LogP contribution < -0.4 is 15.1 Å². The van der Waals surface area contributed by atoms with Gasteiger partial charge in [-0.05, 0) is 43.3 Å². The average Bonchev–Trinajstić information content (AvgIpc) is 2.63. The molecule has 0 aliphatic carbocycles. The number of hydrogen-bond acceptors (Lipinski definition) is 3. The lowest BCUT2D eigenvalue weighted by Gasteiger charge is -2.20. The van der Waals surface area contributed by atoms with E-state index in [1.807, 2.05) is 31.2 Å². The van der Waals surface area contributed by atoms with Gasteiger partial charge in [-0.2, -0.15) is 0 Å². The summed E-state index contributed by atoms with van der Waals surface area (Å²) >= 11 is 0. The molecule has 0 bridgehead atoms. The minimum atomic E-state index is -0.226. The summed E-state index contributed by atoms with van der Waals surface area (Å²) in [5.41, 5.74) is 2.26. The van der Waals surface area contributed by atoms with Gasteiger partial charge in [0.25, 0.3) is 0 Å². The lowest BCUT2D eigenvalue weighted by molar-refractivity contribution is -0.115. The van der Waals surface area contributed by atoms with Crippen molar-refractivity contribution in [2.45, 2.75) is 13.8 Å². The summed E-state index contributed by atoms with van der Waals surface area (Å²) in [7, 11) is 1.44. The van der Waals surface area contributed by atoms with Crippen molar-refractivity contribution in [3.63, 3.8) is 0 Å². The average molecular weight is 283 g/mol. The fraction of sp³-hybridized carbons (Fsp3) is 0.176. The number of anilines is 2. The number of carbonyl (C=O) groups is 1. The predicted molar refractivity (Wildman–Crippen MR) is 83.3 cm³/mol. The molecule has 0 fully saturated rings. The maximum Gasteiger partial charge on any atom is 0.228 e. The highest BCUT2D eigenvalue weighted by Gasteiger charge is 2.13. The molecule has 0 radical (unpaired) electrons. The number of aryl methyl sites for hydroxylation is 1. The first-order valence-electron chi connectivity index (χ1n) is 6.58. The molecule has 2 aromatic carbocycles. The van der Waals surface area contributed by atoms with Crippen molar-refractivity contribution in [2.75, 3.05) is 12.0 Å². The van der Waals surface area contributed by atoms with Crippen molar-refractivity contribution in [1.82, 2.24) is 0 Å². The normalized spacial score (nSPS) is 10.0. The summed E-state index contributed by atoms with van der Waals surface area (Å²) < 4.78 is 5.01. The molecule has 2 aromatic rings. The standard InChI is InChI=1S/C17H17NO3/c1-12-4-6-14(7-5-12)18(13(2)19)15-8-10-16(20)17(21-3)11-9-15/h4-11H,1-3H3. The van der Waals surface area contributed by atoms with E-state index in [-0.39, 0.29) is 17.1 Å². The van der Waals surface area contributed by atoms with Gasteiger partial charge in [0.15, 0.2) is 5.75 Å². The highest BCUT2D eigenvalue weighted by Crippen LogP contribution is 2.25. The Morgan fingerprint density at radius 1 is 0.952 bits per heavy atom. The van der Waals surface area contributed by atoms with Gasteiger partial charge in [-0.15, -0.1) is 0 Å². The Morgan fingerprint density at radius 3 is 2.00 bits per heavy atom. The number of carbonyl (C=O) groups excluding carboxylic acids is 1. The Bertz CT molecular complexity index is 708. The molecule has 4 nitrogen and oxygen atoms in total. The number of nitrogens with zero attached hydrogens (tertiary/aromatic N) is 1. The lowest BCUT2D eigenvalue weighted by atomic mass is 10.2. The molecule has 0 aromatic heterocycles. The molecule has 4 heteroatoms. The summed E-state index contributed by atoms with van der Waals surface area (Å²) in [5, 5.41) is 0. The van der Waals surface area contributed by atoms with E-state index in [9.17, 15) is 9.59 Å². The third kappa shape index (κ3) is 3.28. The predicted octanol–water partition coefficient (Wildman–Crippen LogP) is 3.05. The molecule has 108 valence electrons. The van der Waals surface area contributed by atoms with Crippen molar-refractivity contribution >= 4 is 17.3 Å². The van der Waals surface area contributed by atoms with Crippen LogP contribution in [0.4, 0.5) is 11.4 Å². The van der Waals surface area contributed by atoms with Crippen LogP contribution in [0.15, 0.2) is 53.3 Å². The Labute approximate surface area is 123 Å². The first-order valence-corrected chi connectivity index (χ1v) is 6.58. The Hall–Kier alpha value is -2.62. The van der Waals surface area contributed by atoms with E-state index in [2.05, 4.69) is 0 Å². The molecule has 21 heavy (non-hydrogen) atoms. The molecular weight excluding hydrogens is 266 g/mol. The number of methoxy groups -OCH3 is 1. The van der Waals surface area contributed by atoms with Gasteiger partial charge in [0.05, 0.1) is 7.11 Å². The fourth-order valence-corrected chi connectivity index (χ4v) is 2.07. The second-order valence-electron chi connectivity index (χ2n) is 4.71. The third-order valence-electron chi connectivity index (χ3n) is 3.14. The van der Waals surface area contributed by atoms with Crippen molar-refractivity contribution < 1.29 is 9.53 Å². The summed E-state index contributed by atoms with van der Waals surface area (Å²) in [6, 6.07) is 13.9. The van der Waals surface area contributed by atoms with E-state index in [4.69, 9.17) is 4.74 Å². The smallest absolute Gasteiger partial charge is 0.228 e. The highest BCUT2D eigenvalue weighted by molar-refractivity contribution is 5.98. The number of amides is 1. The quantitative estimate of drug-likeness (QED) is 0.869. The van der Waals surface area contributed by atoms with Crippen molar-refractivity contribution in [1.29, 1.82) is 0 Å². The molecule has 0 heterocycles. The number of hydrogen-bond donors (Lipinski definition) is 0. The maximum atomic E-state index is 12.0. The minimum Gasteiger partial charge on any atom is -0.493 e. The van der Waals surface area contributed by atoms with Gasteiger partial charge >= 0.3 is 0 Å². The molecule has 1 amide bonds. The maximum absolute atomic E-state index is 12.0. The summed E-state index contributed by atoms with van der Waals surface area (Å²) in [6.07, 6.45) is 0. The van der Waals surface area contributed by atoms with E-state index >= 15 is 0 Å². The van der Waals surface area contributed by atoms with E-state index < -0.39 is 0 Å². The lowest BCUT2D eigenvalue weighted by Crippen LogP contribution is -2.22. The van der Waals surface area contributed by atoms with Gasteiger partial charge in [-0.3, -0.25) is 14.5 Å². The molecule has 0 spiro atoms. The molecule has 0 saturated heterocycles. The van der Waals surface area contributed by atoms with E-state index in [0.717, 1.165) is 11.3 Å². The largest absolute Gasteiger partial charge is 0.493 e. The summed E-state index contributed by atoms with van der Waals surface area (Å²) in [4.78, 5) is 25.3. The molecular formula is C17H17NO3. The Morgan fingerprint density at radius 2 is 1.48 bits per heavy atom. The molecule has 2 rings (SSSR count). The van der Waals surface area contributed by atoms with Crippen molar-refractivity contribution in [3.05, 3.63) is 64.3 Å². The molecule has 0 aliphatic rings. The van der Waals surface area contributed by atoms with E-state index in [0.29, 0.717) is 5.69 Å². The number of benzene rings is 1. The number of rotatable bonds is 3. The van der Waals surface area contributed by atoms with Crippen LogP contribution in [0.1, 0.15) is 12.5 Å². The molecule has 0 saturated carbocycles. The molecule has 0 N–H and O–H groups in total. The SMILES string of the molecule is COc1ccc(N(C(C)=O)c2ccc(C)cc2)ccc1=O. The van der Waals surface area contributed by atoms with Gasteiger partial charge in [-0.25, -0.2) is 0 Å². The summed E-state index contributed by atoms with van der Waals surface area (Å²) in [6.45, 7) is 3.47. The topological polar surface area (TPSA) is 46.6 Å². The van der Waals surface area contributed by atoms with Gasteiger partial charge in [-0.1, -0.05) is 17.7 Å². The first-order chi connectivity index (χ1) is 10.0. The van der Waals surface area contributed by atoms with E-state index in [1.54, 1.807) is 23.1 Å². The van der Waals surface area contributed by atoms with Crippen LogP contribution in [0.5, 0.6) is 5.75 Å². The van der Waals surface area contributed by atoms with Crippen LogP contribution in [0, 0.1) is 6.92 Å². The minimum absolute atomic E-state index is 0.128. The second-order valence-corrected chi connectivity index (χ2v) is 4.71. The van der Waals surface area contributed by atoms with E-state index in [1.165, 1.54) is 20.1 Å². The second kappa shape index (κ2) is 6.22. The van der Waals surface area contributed by atoms with Crippen LogP contribution in [0.3, 0.4) is 0 Å². The van der Waals surface area contributed by atoms with Crippen LogP contribution in [-0.2, 0) is 4.79 Å². The Kier molecular flexibility index (Phi) is 4.38. The molecule has 0 atom stereocenters. The Balaban J connectivity index is 2.54. The zero-order chi connectivity index (χ0) is 15.4. The van der Waals surface area contributed by atoms with Crippen LogP contribution >= 0.6 is 0 Å². The monoisotopic (exact) mass is 283 g/mol. The zero-order valence-corrected chi connectivity index (χ0v) is 12.3. The third-order valence-corrected chi connectivity index (χ3v) is 3.14. The molecule has 0 unspecified atom stereocenters. The van der Waals surface area contributed by atoms with Gasteiger partial charge in [0, 0.05) is 18.3 Å². The van der Waals surface area contributed by atoms with Crippen molar-refractivity contribution in [2.24, 2.45) is 0 Å². The van der Waals surface area contributed by atoms with Gasteiger partial charge < -0.3 is 4.74 Å². The fourth-order valence-electron chi connectivity index (χ4n) is 2.07. The highest BCUT2D eigenvalue weighted by atomic mass is 16.5. The van der Waals surface area contributed by atoms with Gasteiger partial charge in [0.2, 0.25) is 11.3 Å². The zero-order valence-electron chi connectivity index (χ0n) is 12.3. The number of ether oxygens (including phenoxy) is 1. The molecule has 0 aliphatic heterocycles. The van der Waals surface area contributed by atoms with Crippen molar-refractivity contribution in [3.8, 4) is 5.75 Å². The summed E-state index contributed by atoms with van der Waals surface area (Å²) in [5.74, 6) is 0.116. The van der Waals surface area contributed by atoms with Crippen LogP contribution in [0.25, 0.3) is 0 Å². The van der Waals surface area contributed by atoms with Gasteiger partial charge in [0.1, 0.15) is 0 Å².